The molecule has 96 valence electrons. The first-order valence-electron chi connectivity index (χ1n) is 5.51. The molecule has 0 spiro atoms. The van der Waals surface area contributed by atoms with E-state index in [4.69, 9.17) is 26.4 Å². The normalized spacial score (nSPS) is 10.1. The fourth-order valence-corrected chi connectivity index (χ4v) is 1.74. The molecular weight excluding hydrogens is 266 g/mol. The molecule has 0 saturated carbocycles. The van der Waals surface area contributed by atoms with Gasteiger partial charge in [0.2, 0.25) is 0 Å². The first-order chi connectivity index (χ1) is 9.08. The summed E-state index contributed by atoms with van der Waals surface area (Å²) in [5.41, 5.74) is 0.489. The largest absolute Gasteiger partial charge is 0.490 e. The standard InChI is InChI=1S/C13H10BClO4/c15-12-7-6-10(8-11(12)14(17)18)19-13(16)9-4-2-1-3-5-9/h1-8,17-18H. The number of carbonyl (C=O) groups is 1. The van der Waals surface area contributed by atoms with Gasteiger partial charge in [0.1, 0.15) is 5.75 Å². The summed E-state index contributed by atoms with van der Waals surface area (Å²) < 4.78 is 5.13. The van der Waals surface area contributed by atoms with Crippen LogP contribution < -0.4 is 10.2 Å². The lowest BCUT2D eigenvalue weighted by atomic mass is 9.80. The smallest absolute Gasteiger partial charge is 0.423 e. The number of esters is 1. The Bertz CT molecular complexity index is 586. The third-order valence-corrected chi connectivity index (χ3v) is 2.81. The van der Waals surface area contributed by atoms with Crippen molar-refractivity contribution in [2.24, 2.45) is 0 Å². The summed E-state index contributed by atoms with van der Waals surface area (Å²) in [6, 6.07) is 12.7. The molecule has 0 radical (unpaired) electrons. The number of ether oxygens (including phenoxy) is 1. The summed E-state index contributed by atoms with van der Waals surface area (Å²) in [4.78, 5) is 11.8. The highest BCUT2D eigenvalue weighted by atomic mass is 35.5. The van der Waals surface area contributed by atoms with Crippen LogP contribution in [0.3, 0.4) is 0 Å². The summed E-state index contributed by atoms with van der Waals surface area (Å²) >= 11 is 5.78. The van der Waals surface area contributed by atoms with Gasteiger partial charge >= 0.3 is 13.1 Å². The lowest BCUT2D eigenvalue weighted by Gasteiger charge is -2.07. The number of carbonyl (C=O) groups excluding carboxylic acids is 1. The highest BCUT2D eigenvalue weighted by Gasteiger charge is 2.17. The number of hydrogen-bond donors (Lipinski definition) is 2. The van der Waals surface area contributed by atoms with Crippen molar-refractivity contribution in [1.29, 1.82) is 0 Å². The van der Waals surface area contributed by atoms with Gasteiger partial charge in [-0.3, -0.25) is 0 Å². The molecule has 0 heterocycles. The van der Waals surface area contributed by atoms with E-state index in [9.17, 15) is 4.79 Å². The molecule has 0 saturated heterocycles. The van der Waals surface area contributed by atoms with Gasteiger partial charge in [-0.25, -0.2) is 4.79 Å². The van der Waals surface area contributed by atoms with Gasteiger partial charge in [0, 0.05) is 10.5 Å². The van der Waals surface area contributed by atoms with E-state index in [0.717, 1.165) is 0 Å². The van der Waals surface area contributed by atoms with E-state index in [-0.39, 0.29) is 16.2 Å². The van der Waals surface area contributed by atoms with Crippen molar-refractivity contribution in [3.05, 3.63) is 59.1 Å². The SMILES string of the molecule is O=C(Oc1ccc(Cl)c(B(O)O)c1)c1ccccc1. The van der Waals surface area contributed by atoms with Crippen molar-refractivity contribution in [3.63, 3.8) is 0 Å². The molecular formula is C13H10BClO4. The Morgan fingerprint density at radius 3 is 2.42 bits per heavy atom. The van der Waals surface area contributed by atoms with E-state index in [2.05, 4.69) is 0 Å². The van der Waals surface area contributed by atoms with E-state index >= 15 is 0 Å². The van der Waals surface area contributed by atoms with Gasteiger partial charge in [-0.15, -0.1) is 0 Å². The molecule has 2 aromatic carbocycles. The minimum absolute atomic E-state index is 0.0834. The number of halogens is 1. The predicted octanol–water partition coefficient (Wildman–Crippen LogP) is 1.24. The maximum Gasteiger partial charge on any atom is 0.490 e. The van der Waals surface area contributed by atoms with Gasteiger partial charge < -0.3 is 14.8 Å². The zero-order valence-corrected chi connectivity index (χ0v) is 10.5. The second-order valence-corrected chi connectivity index (χ2v) is 4.22. The summed E-state index contributed by atoms with van der Waals surface area (Å²) in [5, 5.41) is 18.4. The molecule has 0 amide bonds. The highest BCUT2D eigenvalue weighted by molar-refractivity contribution is 6.62. The highest BCUT2D eigenvalue weighted by Crippen LogP contribution is 2.16. The fourth-order valence-electron chi connectivity index (χ4n) is 1.52. The number of rotatable bonds is 3. The molecule has 0 aliphatic carbocycles. The summed E-state index contributed by atoms with van der Waals surface area (Å²) in [5.74, 6) is -0.331. The third kappa shape index (κ3) is 3.35. The second kappa shape index (κ2) is 5.88. The van der Waals surface area contributed by atoms with Crippen LogP contribution in [0.1, 0.15) is 10.4 Å². The Labute approximate surface area is 115 Å². The van der Waals surface area contributed by atoms with E-state index in [0.29, 0.717) is 5.56 Å². The minimum Gasteiger partial charge on any atom is -0.423 e. The fraction of sp³-hybridized carbons (Fsp3) is 0. The maximum atomic E-state index is 11.8. The molecule has 2 N–H and O–H groups in total. The molecule has 2 rings (SSSR count). The molecule has 0 aromatic heterocycles. The van der Waals surface area contributed by atoms with Crippen LogP contribution in [0, 0.1) is 0 Å². The van der Waals surface area contributed by atoms with Crippen molar-refractivity contribution in [2.45, 2.75) is 0 Å². The van der Waals surface area contributed by atoms with Crippen molar-refractivity contribution >= 4 is 30.2 Å². The van der Waals surface area contributed by atoms with Crippen molar-refractivity contribution in [2.75, 3.05) is 0 Å². The Kier molecular flexibility index (Phi) is 4.22. The predicted molar refractivity (Wildman–Crippen MR) is 72.7 cm³/mol. The van der Waals surface area contributed by atoms with E-state index < -0.39 is 13.1 Å². The van der Waals surface area contributed by atoms with Gasteiger partial charge in [-0.1, -0.05) is 29.8 Å². The molecule has 0 atom stereocenters. The average Bonchev–Trinajstić information content (AvgIpc) is 2.41. The lowest BCUT2D eigenvalue weighted by Crippen LogP contribution is -2.31. The number of hydrogen-bond acceptors (Lipinski definition) is 4. The Balaban J connectivity index is 2.20. The van der Waals surface area contributed by atoms with Crippen molar-refractivity contribution in [1.82, 2.24) is 0 Å². The quantitative estimate of drug-likeness (QED) is 0.503. The molecule has 0 bridgehead atoms. The molecule has 2 aromatic rings. The Hall–Kier alpha value is -1.82. The lowest BCUT2D eigenvalue weighted by molar-refractivity contribution is 0.0735. The molecule has 19 heavy (non-hydrogen) atoms. The molecule has 0 aliphatic heterocycles. The van der Waals surface area contributed by atoms with Crippen LogP contribution in [0.15, 0.2) is 48.5 Å². The average molecular weight is 276 g/mol. The molecule has 6 heteroatoms. The summed E-state index contributed by atoms with van der Waals surface area (Å²) in [7, 11) is -1.72. The van der Waals surface area contributed by atoms with Crippen LogP contribution in [-0.4, -0.2) is 23.1 Å². The van der Waals surface area contributed by atoms with Gasteiger partial charge in [0.05, 0.1) is 5.56 Å². The maximum absolute atomic E-state index is 11.8. The molecule has 0 aliphatic rings. The van der Waals surface area contributed by atoms with Crippen LogP contribution in [0.4, 0.5) is 0 Å². The number of benzene rings is 2. The second-order valence-electron chi connectivity index (χ2n) is 3.81. The topological polar surface area (TPSA) is 66.8 Å². The molecule has 0 unspecified atom stereocenters. The van der Waals surface area contributed by atoms with E-state index in [1.807, 2.05) is 0 Å². The van der Waals surface area contributed by atoms with Gasteiger partial charge in [0.15, 0.2) is 0 Å². The van der Waals surface area contributed by atoms with Crippen molar-refractivity contribution in [3.8, 4) is 5.75 Å². The van der Waals surface area contributed by atoms with Crippen LogP contribution in [-0.2, 0) is 0 Å². The van der Waals surface area contributed by atoms with Gasteiger partial charge in [0.25, 0.3) is 0 Å². The zero-order valence-electron chi connectivity index (χ0n) is 9.79. The first kappa shape index (κ1) is 13.6. The van der Waals surface area contributed by atoms with E-state index in [1.54, 1.807) is 30.3 Å². The van der Waals surface area contributed by atoms with Crippen LogP contribution in [0.5, 0.6) is 5.75 Å². The summed E-state index contributed by atoms with van der Waals surface area (Å²) in [6.07, 6.45) is 0. The van der Waals surface area contributed by atoms with Crippen LogP contribution >= 0.6 is 11.6 Å². The Morgan fingerprint density at radius 2 is 1.79 bits per heavy atom. The summed E-state index contributed by atoms with van der Waals surface area (Å²) in [6.45, 7) is 0. The van der Waals surface area contributed by atoms with Crippen molar-refractivity contribution < 1.29 is 19.6 Å². The zero-order chi connectivity index (χ0) is 13.8. The molecule has 4 nitrogen and oxygen atoms in total. The van der Waals surface area contributed by atoms with E-state index in [1.165, 1.54) is 18.2 Å². The van der Waals surface area contributed by atoms with Crippen LogP contribution in [0.25, 0.3) is 0 Å². The first-order valence-corrected chi connectivity index (χ1v) is 5.88. The van der Waals surface area contributed by atoms with Crippen LogP contribution in [0.2, 0.25) is 5.02 Å². The minimum atomic E-state index is -1.72. The monoisotopic (exact) mass is 276 g/mol. The molecule has 0 fully saturated rings. The van der Waals surface area contributed by atoms with Gasteiger partial charge in [-0.2, -0.15) is 0 Å². The Morgan fingerprint density at radius 1 is 1.11 bits per heavy atom. The van der Waals surface area contributed by atoms with Gasteiger partial charge in [-0.05, 0) is 30.3 Å². The third-order valence-electron chi connectivity index (χ3n) is 2.47.